The van der Waals surface area contributed by atoms with Crippen molar-refractivity contribution < 1.29 is 9.59 Å². The molecule has 1 rings (SSSR count). The van der Waals surface area contributed by atoms with E-state index in [2.05, 4.69) is 10.3 Å². The number of carbonyl (C=O) groups is 2. The lowest BCUT2D eigenvalue weighted by Crippen LogP contribution is -2.35. The lowest BCUT2D eigenvalue weighted by Gasteiger charge is -2.22. The van der Waals surface area contributed by atoms with E-state index in [-0.39, 0.29) is 11.8 Å². The molecule has 5 nitrogen and oxygen atoms in total. The smallest absolute Gasteiger partial charge is 0.224 e. The highest BCUT2D eigenvalue weighted by Crippen LogP contribution is 2.14. The van der Waals surface area contributed by atoms with Gasteiger partial charge in [0.2, 0.25) is 5.91 Å². The monoisotopic (exact) mass is 235 g/mol. The summed E-state index contributed by atoms with van der Waals surface area (Å²) < 4.78 is 0. The van der Waals surface area contributed by atoms with E-state index in [0.717, 1.165) is 6.29 Å². The number of hydrogen-bond acceptors (Lipinski definition) is 4. The number of anilines is 1. The van der Waals surface area contributed by atoms with Crippen LogP contribution < -0.4 is 10.2 Å². The average molecular weight is 235 g/mol. The van der Waals surface area contributed by atoms with Crippen molar-refractivity contribution in [3.63, 3.8) is 0 Å². The molecule has 0 aromatic carbocycles. The standard InChI is InChI=1S/C12H17N3O2/c1-9(12(17)13-2)7-15(3)11-10(8-16)5-4-6-14-11/h4-6,8-9H,7H2,1-3H3,(H,13,17). The predicted octanol–water partition coefficient (Wildman–Crippen LogP) is 0.712. The van der Waals surface area contributed by atoms with Crippen molar-refractivity contribution in [2.45, 2.75) is 6.92 Å². The van der Waals surface area contributed by atoms with Crippen LogP contribution in [0.1, 0.15) is 17.3 Å². The molecule has 0 fully saturated rings. The maximum absolute atomic E-state index is 11.4. The number of amides is 1. The van der Waals surface area contributed by atoms with Gasteiger partial charge < -0.3 is 10.2 Å². The predicted molar refractivity (Wildman–Crippen MR) is 66.1 cm³/mol. The van der Waals surface area contributed by atoms with Gasteiger partial charge >= 0.3 is 0 Å². The molecule has 5 heteroatoms. The molecule has 1 heterocycles. The fraction of sp³-hybridized carbons (Fsp3) is 0.417. The molecule has 1 aromatic rings. The fourth-order valence-corrected chi connectivity index (χ4v) is 1.65. The second kappa shape index (κ2) is 5.98. The molecular formula is C12H17N3O2. The van der Waals surface area contributed by atoms with E-state index in [9.17, 15) is 9.59 Å². The summed E-state index contributed by atoms with van der Waals surface area (Å²) in [6, 6.07) is 3.42. The van der Waals surface area contributed by atoms with E-state index in [0.29, 0.717) is 17.9 Å². The maximum Gasteiger partial charge on any atom is 0.224 e. The van der Waals surface area contributed by atoms with Gasteiger partial charge in [-0.1, -0.05) is 6.92 Å². The molecule has 0 spiro atoms. The van der Waals surface area contributed by atoms with Crippen LogP contribution in [0.3, 0.4) is 0 Å². The zero-order valence-corrected chi connectivity index (χ0v) is 10.3. The van der Waals surface area contributed by atoms with E-state index < -0.39 is 0 Å². The molecule has 0 aliphatic heterocycles. The van der Waals surface area contributed by atoms with E-state index >= 15 is 0 Å². The van der Waals surface area contributed by atoms with E-state index in [1.165, 1.54) is 0 Å². The SMILES string of the molecule is CNC(=O)C(C)CN(C)c1ncccc1C=O. The van der Waals surface area contributed by atoms with E-state index in [1.807, 2.05) is 18.9 Å². The Hall–Kier alpha value is -1.91. The number of carbonyl (C=O) groups excluding carboxylic acids is 2. The third-order valence-electron chi connectivity index (χ3n) is 2.55. The highest BCUT2D eigenvalue weighted by atomic mass is 16.1. The van der Waals surface area contributed by atoms with Crippen molar-refractivity contribution in [1.29, 1.82) is 0 Å². The Balaban J connectivity index is 2.79. The number of pyridine rings is 1. The zero-order valence-electron chi connectivity index (χ0n) is 10.3. The number of aldehydes is 1. The van der Waals surface area contributed by atoms with Gasteiger partial charge in [0.15, 0.2) is 6.29 Å². The van der Waals surface area contributed by atoms with Crippen LogP contribution in [0.15, 0.2) is 18.3 Å². The topological polar surface area (TPSA) is 62.3 Å². The minimum absolute atomic E-state index is 0.0274. The molecule has 1 aromatic heterocycles. The second-order valence-corrected chi connectivity index (χ2v) is 3.93. The summed E-state index contributed by atoms with van der Waals surface area (Å²) in [4.78, 5) is 28.2. The number of aromatic nitrogens is 1. The zero-order chi connectivity index (χ0) is 12.8. The first-order valence-electron chi connectivity index (χ1n) is 5.43. The number of nitrogens with zero attached hydrogens (tertiary/aromatic N) is 2. The number of hydrogen-bond donors (Lipinski definition) is 1. The normalized spacial score (nSPS) is 11.7. The minimum Gasteiger partial charge on any atom is -0.359 e. The molecule has 92 valence electrons. The van der Waals surface area contributed by atoms with Crippen LogP contribution in [0.25, 0.3) is 0 Å². The molecule has 1 N–H and O–H groups in total. The summed E-state index contributed by atoms with van der Waals surface area (Å²) in [7, 11) is 3.42. The summed E-state index contributed by atoms with van der Waals surface area (Å²) >= 11 is 0. The largest absolute Gasteiger partial charge is 0.359 e. The van der Waals surface area contributed by atoms with Crippen molar-refractivity contribution in [2.75, 3.05) is 25.5 Å². The van der Waals surface area contributed by atoms with Gasteiger partial charge in [-0.15, -0.1) is 0 Å². The Morgan fingerprint density at radius 1 is 1.65 bits per heavy atom. The molecule has 1 unspecified atom stereocenters. The van der Waals surface area contributed by atoms with Crippen LogP contribution in [-0.4, -0.2) is 37.8 Å². The molecule has 0 radical (unpaired) electrons. The van der Waals surface area contributed by atoms with Gasteiger partial charge in [-0.2, -0.15) is 0 Å². The highest BCUT2D eigenvalue weighted by Gasteiger charge is 2.16. The van der Waals surface area contributed by atoms with E-state index in [4.69, 9.17) is 0 Å². The van der Waals surface area contributed by atoms with Crippen molar-refractivity contribution in [3.05, 3.63) is 23.9 Å². The van der Waals surface area contributed by atoms with Crippen LogP contribution in [0.5, 0.6) is 0 Å². The molecule has 0 saturated heterocycles. The Morgan fingerprint density at radius 3 is 2.94 bits per heavy atom. The summed E-state index contributed by atoms with van der Waals surface area (Å²) in [5, 5.41) is 2.59. The maximum atomic E-state index is 11.4. The van der Waals surface area contributed by atoms with Crippen molar-refractivity contribution in [3.8, 4) is 0 Å². The molecule has 0 saturated carbocycles. The molecule has 17 heavy (non-hydrogen) atoms. The van der Waals surface area contributed by atoms with Crippen molar-refractivity contribution >= 4 is 18.0 Å². The Bertz CT molecular complexity index is 406. The van der Waals surface area contributed by atoms with Gasteiger partial charge in [0, 0.05) is 26.8 Å². The summed E-state index contributed by atoms with van der Waals surface area (Å²) in [6.07, 6.45) is 2.40. The number of rotatable bonds is 5. The van der Waals surface area contributed by atoms with Crippen LogP contribution >= 0.6 is 0 Å². The second-order valence-electron chi connectivity index (χ2n) is 3.93. The van der Waals surface area contributed by atoms with E-state index in [1.54, 1.807) is 25.4 Å². The quantitative estimate of drug-likeness (QED) is 0.764. The Labute approximate surface area is 101 Å². The fourth-order valence-electron chi connectivity index (χ4n) is 1.65. The summed E-state index contributed by atoms with van der Waals surface area (Å²) in [5.74, 6) is 0.408. The van der Waals surface area contributed by atoms with Crippen LogP contribution in [0, 0.1) is 5.92 Å². The molecule has 1 atom stereocenters. The third kappa shape index (κ3) is 3.27. The summed E-state index contributed by atoms with van der Waals surface area (Å²) in [5.41, 5.74) is 0.527. The molecule has 0 aliphatic carbocycles. The average Bonchev–Trinajstić information content (AvgIpc) is 2.37. The summed E-state index contributed by atoms with van der Waals surface area (Å²) in [6.45, 7) is 2.34. The van der Waals surface area contributed by atoms with Gasteiger partial charge in [0.1, 0.15) is 5.82 Å². The first kappa shape index (κ1) is 13.2. The lowest BCUT2D eigenvalue weighted by atomic mass is 10.1. The van der Waals surface area contributed by atoms with Crippen molar-refractivity contribution in [2.24, 2.45) is 5.92 Å². The molecular weight excluding hydrogens is 218 g/mol. The molecule has 0 bridgehead atoms. The van der Waals surface area contributed by atoms with Crippen LogP contribution in [0.2, 0.25) is 0 Å². The van der Waals surface area contributed by atoms with Gasteiger partial charge in [0.05, 0.1) is 11.5 Å². The Kier molecular flexibility index (Phi) is 4.63. The lowest BCUT2D eigenvalue weighted by molar-refractivity contribution is -0.123. The van der Waals surface area contributed by atoms with Gasteiger partial charge in [0.25, 0.3) is 0 Å². The third-order valence-corrected chi connectivity index (χ3v) is 2.55. The van der Waals surface area contributed by atoms with Crippen LogP contribution in [0.4, 0.5) is 5.82 Å². The van der Waals surface area contributed by atoms with Gasteiger partial charge in [-0.25, -0.2) is 4.98 Å². The van der Waals surface area contributed by atoms with Crippen molar-refractivity contribution in [1.82, 2.24) is 10.3 Å². The number of nitrogens with one attached hydrogen (secondary N) is 1. The first-order chi connectivity index (χ1) is 8.10. The Morgan fingerprint density at radius 2 is 2.35 bits per heavy atom. The molecule has 1 amide bonds. The highest BCUT2D eigenvalue weighted by molar-refractivity contribution is 5.83. The van der Waals surface area contributed by atoms with Crippen LogP contribution in [-0.2, 0) is 4.79 Å². The van der Waals surface area contributed by atoms with Gasteiger partial charge in [-0.05, 0) is 12.1 Å². The molecule has 0 aliphatic rings. The minimum atomic E-state index is -0.161. The first-order valence-corrected chi connectivity index (χ1v) is 5.43. The van der Waals surface area contributed by atoms with Gasteiger partial charge in [-0.3, -0.25) is 9.59 Å².